The van der Waals surface area contributed by atoms with E-state index in [1.165, 1.54) is 0 Å². The number of carboxylic acids is 1. The van der Waals surface area contributed by atoms with Gasteiger partial charge in [-0.25, -0.2) is 9.59 Å². The average Bonchev–Trinajstić information content (AvgIpc) is 2.57. The zero-order chi connectivity index (χ0) is 13.0. The van der Waals surface area contributed by atoms with Gasteiger partial charge in [-0.15, -0.1) is 0 Å². The van der Waals surface area contributed by atoms with Crippen LogP contribution in [0.3, 0.4) is 0 Å². The van der Waals surface area contributed by atoms with E-state index in [0.717, 1.165) is 12.8 Å². The third-order valence-corrected chi connectivity index (χ3v) is 3.57. The summed E-state index contributed by atoms with van der Waals surface area (Å²) in [6, 6.07) is -1.69. The fourth-order valence-electron chi connectivity index (χ4n) is 2.12. The van der Waals surface area contributed by atoms with Gasteiger partial charge in [-0.2, -0.15) is 0 Å². The summed E-state index contributed by atoms with van der Waals surface area (Å²) in [5.41, 5.74) is 0. The maximum absolute atomic E-state index is 11.5. The van der Waals surface area contributed by atoms with Crippen LogP contribution < -0.4 is 10.6 Å². The van der Waals surface area contributed by atoms with E-state index in [-0.39, 0.29) is 6.04 Å². The lowest BCUT2D eigenvalue weighted by molar-refractivity contribution is -0.140. The van der Waals surface area contributed by atoms with Crippen molar-refractivity contribution in [3.8, 4) is 0 Å². The lowest BCUT2D eigenvalue weighted by Crippen LogP contribution is -2.51. The minimum atomic E-state index is -1.25. The molecule has 0 aromatic carbocycles. The Morgan fingerprint density at radius 3 is 2.41 bits per heavy atom. The summed E-state index contributed by atoms with van der Waals surface area (Å²) in [6.45, 7) is 3.60. The van der Waals surface area contributed by atoms with Crippen LogP contribution in [0.4, 0.5) is 4.79 Å². The highest BCUT2D eigenvalue weighted by molar-refractivity contribution is 5.82. The molecule has 1 rings (SSSR count). The van der Waals surface area contributed by atoms with Crippen molar-refractivity contribution in [2.24, 2.45) is 11.8 Å². The highest BCUT2D eigenvalue weighted by atomic mass is 16.4. The van der Waals surface area contributed by atoms with E-state index in [4.69, 9.17) is 10.2 Å². The Hall–Kier alpha value is -1.30. The number of carbonyl (C=O) groups is 2. The number of hydrogen-bond donors (Lipinski definition) is 4. The lowest BCUT2D eigenvalue weighted by Gasteiger charge is -2.21. The fourth-order valence-corrected chi connectivity index (χ4v) is 2.12. The first kappa shape index (κ1) is 13.8. The smallest absolute Gasteiger partial charge is 0.328 e. The second-order valence-electron chi connectivity index (χ2n) is 4.71. The van der Waals surface area contributed by atoms with Gasteiger partial charge >= 0.3 is 12.0 Å². The van der Waals surface area contributed by atoms with Crippen LogP contribution in [0.25, 0.3) is 0 Å². The fraction of sp³-hybridized carbons (Fsp3) is 0.818. The second kappa shape index (κ2) is 5.86. The van der Waals surface area contributed by atoms with Crippen molar-refractivity contribution >= 4 is 12.0 Å². The third-order valence-electron chi connectivity index (χ3n) is 3.57. The number of carbonyl (C=O) groups excluding carboxylic acids is 1. The molecule has 0 bridgehead atoms. The molecule has 0 radical (unpaired) electrons. The number of urea groups is 1. The van der Waals surface area contributed by atoms with Crippen molar-refractivity contribution in [2.45, 2.75) is 38.8 Å². The van der Waals surface area contributed by atoms with Crippen molar-refractivity contribution in [1.29, 1.82) is 0 Å². The van der Waals surface area contributed by atoms with Crippen LogP contribution in [0.5, 0.6) is 0 Å². The molecule has 6 nitrogen and oxygen atoms in total. The molecule has 0 aromatic rings. The lowest BCUT2D eigenvalue weighted by atomic mass is 9.98. The van der Waals surface area contributed by atoms with Gasteiger partial charge in [-0.3, -0.25) is 0 Å². The average molecular weight is 244 g/mol. The summed E-state index contributed by atoms with van der Waals surface area (Å²) < 4.78 is 0. The van der Waals surface area contributed by atoms with Gasteiger partial charge in [0.25, 0.3) is 0 Å². The number of amides is 2. The van der Waals surface area contributed by atoms with E-state index >= 15 is 0 Å². The van der Waals surface area contributed by atoms with Gasteiger partial charge in [-0.05, 0) is 24.7 Å². The Balaban J connectivity index is 2.42. The monoisotopic (exact) mass is 244 g/mol. The molecule has 4 atom stereocenters. The maximum atomic E-state index is 11.5. The molecule has 98 valence electrons. The molecule has 3 unspecified atom stereocenters. The van der Waals surface area contributed by atoms with Crippen molar-refractivity contribution in [2.75, 3.05) is 6.61 Å². The Bertz CT molecular complexity index is 295. The summed E-state index contributed by atoms with van der Waals surface area (Å²) in [7, 11) is 0. The Labute approximate surface area is 100 Å². The number of nitrogens with one attached hydrogen (secondary N) is 2. The molecule has 17 heavy (non-hydrogen) atoms. The standard InChI is InChI=1S/C11H20N2O4/c1-6-3-4-8(7(6)2)12-11(17)13-9(5-14)10(15)16/h6-9,14H,3-5H2,1-2H3,(H,15,16)(H2,12,13,17)/t6?,7?,8?,9-/m1/s1. The molecule has 0 saturated heterocycles. The Kier molecular flexibility index (Phi) is 4.74. The summed E-state index contributed by atoms with van der Waals surface area (Å²) in [5.74, 6) is -0.290. The zero-order valence-corrected chi connectivity index (χ0v) is 10.1. The quantitative estimate of drug-likeness (QED) is 0.566. The van der Waals surface area contributed by atoms with E-state index in [1.807, 2.05) is 0 Å². The summed E-state index contributed by atoms with van der Waals surface area (Å²) in [5, 5.41) is 22.4. The van der Waals surface area contributed by atoms with Crippen LogP contribution in [0, 0.1) is 11.8 Å². The maximum Gasteiger partial charge on any atom is 0.328 e. The molecule has 1 fully saturated rings. The van der Waals surface area contributed by atoms with Crippen LogP contribution in [0.1, 0.15) is 26.7 Å². The molecule has 6 heteroatoms. The van der Waals surface area contributed by atoms with Crippen LogP contribution in [0.15, 0.2) is 0 Å². The molecule has 1 aliphatic rings. The van der Waals surface area contributed by atoms with Crippen molar-refractivity contribution in [3.63, 3.8) is 0 Å². The topological polar surface area (TPSA) is 98.7 Å². The molecule has 0 aromatic heterocycles. The van der Waals surface area contributed by atoms with Crippen molar-refractivity contribution in [1.82, 2.24) is 10.6 Å². The summed E-state index contributed by atoms with van der Waals surface area (Å²) in [4.78, 5) is 22.1. The first-order valence-corrected chi connectivity index (χ1v) is 5.86. The molecular weight excluding hydrogens is 224 g/mol. The van der Waals surface area contributed by atoms with Gasteiger partial charge in [0.15, 0.2) is 6.04 Å². The third kappa shape index (κ3) is 3.59. The Morgan fingerprint density at radius 1 is 1.35 bits per heavy atom. The summed E-state index contributed by atoms with van der Waals surface area (Å²) in [6.07, 6.45) is 1.97. The minimum absolute atomic E-state index is 0.0816. The van der Waals surface area contributed by atoms with E-state index < -0.39 is 24.6 Å². The molecule has 0 aliphatic heterocycles. The first-order valence-electron chi connectivity index (χ1n) is 5.86. The Morgan fingerprint density at radius 2 is 2.00 bits per heavy atom. The molecule has 1 aliphatic carbocycles. The van der Waals surface area contributed by atoms with Gasteiger partial charge in [0.05, 0.1) is 6.61 Å². The van der Waals surface area contributed by atoms with Crippen LogP contribution >= 0.6 is 0 Å². The summed E-state index contributed by atoms with van der Waals surface area (Å²) >= 11 is 0. The number of carboxylic acid groups (broad SMARTS) is 1. The van der Waals surface area contributed by atoms with Crippen molar-refractivity contribution in [3.05, 3.63) is 0 Å². The normalized spacial score (nSPS) is 29.7. The number of hydrogen-bond acceptors (Lipinski definition) is 3. The zero-order valence-electron chi connectivity index (χ0n) is 10.1. The highest BCUT2D eigenvalue weighted by Crippen LogP contribution is 2.30. The molecule has 4 N–H and O–H groups in total. The second-order valence-corrected chi connectivity index (χ2v) is 4.71. The molecular formula is C11H20N2O4. The highest BCUT2D eigenvalue weighted by Gasteiger charge is 2.31. The van der Waals surface area contributed by atoms with Gasteiger partial charge in [0, 0.05) is 6.04 Å². The van der Waals surface area contributed by atoms with Gasteiger partial charge < -0.3 is 20.8 Å². The van der Waals surface area contributed by atoms with E-state index in [0.29, 0.717) is 11.8 Å². The molecule has 2 amide bonds. The molecule has 0 spiro atoms. The molecule has 0 heterocycles. The van der Waals surface area contributed by atoms with Crippen molar-refractivity contribution < 1.29 is 19.8 Å². The van der Waals surface area contributed by atoms with E-state index in [2.05, 4.69) is 24.5 Å². The number of rotatable bonds is 4. The van der Waals surface area contributed by atoms with Crippen LogP contribution in [-0.2, 0) is 4.79 Å². The number of aliphatic hydroxyl groups is 1. The number of aliphatic carboxylic acids is 1. The van der Waals surface area contributed by atoms with Crippen LogP contribution in [-0.4, -0.2) is 40.9 Å². The minimum Gasteiger partial charge on any atom is -0.480 e. The van der Waals surface area contributed by atoms with Gasteiger partial charge in [-0.1, -0.05) is 13.8 Å². The largest absolute Gasteiger partial charge is 0.480 e. The van der Waals surface area contributed by atoms with Gasteiger partial charge in [0.1, 0.15) is 0 Å². The van der Waals surface area contributed by atoms with Gasteiger partial charge in [0.2, 0.25) is 0 Å². The SMILES string of the molecule is CC1CCC(NC(=O)N[C@H](CO)C(=O)O)C1C. The predicted molar refractivity (Wildman–Crippen MR) is 61.5 cm³/mol. The predicted octanol–water partition coefficient (Wildman–Crippen LogP) is 0.166. The molecule has 1 saturated carbocycles. The van der Waals surface area contributed by atoms with Crippen LogP contribution in [0.2, 0.25) is 0 Å². The number of aliphatic hydroxyl groups excluding tert-OH is 1. The van der Waals surface area contributed by atoms with E-state index in [1.54, 1.807) is 0 Å². The van der Waals surface area contributed by atoms with E-state index in [9.17, 15) is 9.59 Å². The first-order chi connectivity index (χ1) is 7.95.